The highest BCUT2D eigenvalue weighted by molar-refractivity contribution is 5.46. The molecule has 3 rings (SSSR count). The van der Waals surface area contributed by atoms with Gasteiger partial charge in [-0.05, 0) is 23.8 Å². The van der Waals surface area contributed by atoms with Crippen molar-refractivity contribution in [2.24, 2.45) is 7.05 Å². The van der Waals surface area contributed by atoms with Gasteiger partial charge < -0.3 is 19.4 Å². The van der Waals surface area contributed by atoms with Crippen molar-refractivity contribution in [3.05, 3.63) is 52.4 Å². The second-order valence-corrected chi connectivity index (χ2v) is 4.41. The molecule has 2 aromatic rings. The summed E-state index contributed by atoms with van der Waals surface area (Å²) in [7, 11) is 1.73. The maximum Gasteiger partial charge on any atom is 0.250 e. The van der Waals surface area contributed by atoms with Crippen molar-refractivity contribution >= 4 is 5.69 Å². The number of ether oxygens (including phenoxy) is 2. The van der Waals surface area contributed by atoms with Gasteiger partial charge in [0, 0.05) is 25.9 Å². The first-order valence-corrected chi connectivity index (χ1v) is 6.01. The molecule has 98 valence electrons. The number of rotatable bonds is 3. The third-order valence-corrected chi connectivity index (χ3v) is 3.02. The highest BCUT2D eigenvalue weighted by Gasteiger charge is 2.12. The number of fused-ring (bicyclic) bond motifs is 1. The number of aromatic nitrogens is 1. The van der Waals surface area contributed by atoms with Crippen LogP contribution in [0.5, 0.6) is 11.5 Å². The molecular weight excluding hydrogens is 244 g/mol. The van der Waals surface area contributed by atoms with Crippen molar-refractivity contribution < 1.29 is 9.47 Å². The summed E-state index contributed by atoms with van der Waals surface area (Å²) in [5.41, 5.74) is 1.98. The Morgan fingerprint density at radius 3 is 2.89 bits per heavy atom. The zero-order valence-electron chi connectivity index (χ0n) is 10.6. The predicted octanol–water partition coefficient (Wildman–Crippen LogP) is 1.73. The first-order valence-electron chi connectivity index (χ1n) is 6.01. The lowest BCUT2D eigenvalue weighted by atomic mass is 10.2. The smallest absolute Gasteiger partial charge is 0.250 e. The molecule has 0 amide bonds. The van der Waals surface area contributed by atoms with Crippen molar-refractivity contribution in [1.29, 1.82) is 0 Å². The molecule has 1 N–H and O–H groups in total. The summed E-state index contributed by atoms with van der Waals surface area (Å²) < 4.78 is 12.1. The summed E-state index contributed by atoms with van der Waals surface area (Å²) in [6, 6.07) is 9.16. The van der Waals surface area contributed by atoms with Crippen LogP contribution < -0.4 is 20.3 Å². The molecule has 5 nitrogen and oxygen atoms in total. The summed E-state index contributed by atoms with van der Waals surface area (Å²) >= 11 is 0. The number of hydrogen-bond acceptors (Lipinski definition) is 4. The van der Waals surface area contributed by atoms with Gasteiger partial charge in [-0.3, -0.25) is 4.79 Å². The van der Waals surface area contributed by atoms with E-state index in [1.807, 2.05) is 18.2 Å². The van der Waals surface area contributed by atoms with Gasteiger partial charge in [0.2, 0.25) is 12.4 Å². The third kappa shape index (κ3) is 2.40. The van der Waals surface area contributed by atoms with Gasteiger partial charge in [0.25, 0.3) is 0 Å². The fourth-order valence-corrected chi connectivity index (χ4v) is 1.95. The molecule has 0 atom stereocenters. The largest absolute Gasteiger partial charge is 0.454 e. The lowest BCUT2D eigenvalue weighted by Crippen LogP contribution is -2.15. The monoisotopic (exact) mass is 258 g/mol. The third-order valence-electron chi connectivity index (χ3n) is 3.02. The molecule has 1 aromatic carbocycles. The average Bonchev–Trinajstić information content (AvgIpc) is 2.87. The summed E-state index contributed by atoms with van der Waals surface area (Å²) in [5.74, 6) is 1.56. The number of nitrogens with zero attached hydrogens (tertiary/aromatic N) is 1. The number of hydrogen-bond donors (Lipinski definition) is 1. The lowest BCUT2D eigenvalue weighted by Gasteiger charge is -2.08. The molecule has 5 heteroatoms. The Hall–Kier alpha value is -2.43. The van der Waals surface area contributed by atoms with E-state index in [1.54, 1.807) is 29.9 Å². The van der Waals surface area contributed by atoms with Crippen LogP contribution in [-0.2, 0) is 13.6 Å². The Balaban J connectivity index is 1.72. The van der Waals surface area contributed by atoms with Crippen LogP contribution in [0.2, 0.25) is 0 Å². The van der Waals surface area contributed by atoms with E-state index in [-0.39, 0.29) is 12.4 Å². The van der Waals surface area contributed by atoms with E-state index in [9.17, 15) is 4.79 Å². The van der Waals surface area contributed by atoms with Gasteiger partial charge in [-0.2, -0.15) is 0 Å². The predicted molar refractivity (Wildman–Crippen MR) is 71.6 cm³/mol. The fraction of sp³-hybridized carbons (Fsp3) is 0.214. The SMILES string of the molecule is Cn1cc(NCc2ccc3c(c2)OCO3)ccc1=O. The van der Waals surface area contributed by atoms with Crippen LogP contribution in [0.1, 0.15) is 5.56 Å². The molecule has 0 aliphatic carbocycles. The minimum absolute atomic E-state index is 0.0198. The number of pyridine rings is 1. The van der Waals surface area contributed by atoms with Crippen LogP contribution in [0.25, 0.3) is 0 Å². The van der Waals surface area contributed by atoms with Crippen molar-refractivity contribution in [2.75, 3.05) is 12.1 Å². The molecule has 0 fully saturated rings. The molecule has 0 saturated heterocycles. The van der Waals surface area contributed by atoms with E-state index in [0.717, 1.165) is 22.7 Å². The Labute approximate surface area is 110 Å². The number of benzene rings is 1. The quantitative estimate of drug-likeness (QED) is 0.911. The second-order valence-electron chi connectivity index (χ2n) is 4.41. The van der Waals surface area contributed by atoms with E-state index in [0.29, 0.717) is 6.54 Å². The summed E-state index contributed by atoms with van der Waals surface area (Å²) in [4.78, 5) is 11.3. The van der Waals surface area contributed by atoms with E-state index in [4.69, 9.17) is 9.47 Å². The number of nitrogens with one attached hydrogen (secondary N) is 1. The van der Waals surface area contributed by atoms with Crippen molar-refractivity contribution in [2.45, 2.75) is 6.54 Å². The van der Waals surface area contributed by atoms with Gasteiger partial charge in [-0.1, -0.05) is 6.07 Å². The molecule has 1 aliphatic rings. The molecule has 19 heavy (non-hydrogen) atoms. The van der Waals surface area contributed by atoms with Crippen molar-refractivity contribution in [1.82, 2.24) is 4.57 Å². The van der Waals surface area contributed by atoms with Crippen molar-refractivity contribution in [3.8, 4) is 11.5 Å². The Morgan fingerprint density at radius 1 is 1.21 bits per heavy atom. The first-order chi connectivity index (χ1) is 9.22. The first kappa shape index (κ1) is 11.6. The topological polar surface area (TPSA) is 52.5 Å². The van der Waals surface area contributed by atoms with E-state index >= 15 is 0 Å². The van der Waals surface area contributed by atoms with Gasteiger partial charge >= 0.3 is 0 Å². The summed E-state index contributed by atoms with van der Waals surface area (Å²) in [5, 5.41) is 3.26. The van der Waals surface area contributed by atoms with Crippen LogP contribution >= 0.6 is 0 Å². The van der Waals surface area contributed by atoms with Crippen LogP contribution in [0.15, 0.2) is 41.3 Å². The van der Waals surface area contributed by atoms with E-state index in [2.05, 4.69) is 5.32 Å². The molecule has 0 unspecified atom stereocenters. The molecule has 0 saturated carbocycles. The Morgan fingerprint density at radius 2 is 2.05 bits per heavy atom. The van der Waals surface area contributed by atoms with Crippen LogP contribution in [-0.4, -0.2) is 11.4 Å². The molecule has 0 spiro atoms. The molecular formula is C14H14N2O3. The number of anilines is 1. The van der Waals surface area contributed by atoms with Crippen molar-refractivity contribution in [3.63, 3.8) is 0 Å². The van der Waals surface area contributed by atoms with Gasteiger partial charge in [0.05, 0.1) is 5.69 Å². The minimum Gasteiger partial charge on any atom is -0.454 e. The minimum atomic E-state index is -0.0198. The zero-order chi connectivity index (χ0) is 13.2. The molecule has 0 radical (unpaired) electrons. The molecule has 1 aliphatic heterocycles. The molecule has 2 heterocycles. The lowest BCUT2D eigenvalue weighted by molar-refractivity contribution is 0.174. The van der Waals surface area contributed by atoms with Crippen LogP contribution in [0.4, 0.5) is 5.69 Å². The molecule has 1 aromatic heterocycles. The van der Waals surface area contributed by atoms with Gasteiger partial charge in [0.1, 0.15) is 0 Å². The van der Waals surface area contributed by atoms with Crippen LogP contribution in [0, 0.1) is 0 Å². The highest BCUT2D eigenvalue weighted by Crippen LogP contribution is 2.32. The van der Waals surface area contributed by atoms with Gasteiger partial charge in [-0.25, -0.2) is 0 Å². The van der Waals surface area contributed by atoms with Gasteiger partial charge in [0.15, 0.2) is 11.5 Å². The fourth-order valence-electron chi connectivity index (χ4n) is 1.95. The van der Waals surface area contributed by atoms with Gasteiger partial charge in [-0.15, -0.1) is 0 Å². The zero-order valence-corrected chi connectivity index (χ0v) is 10.6. The normalized spacial score (nSPS) is 12.5. The van der Waals surface area contributed by atoms with E-state index < -0.39 is 0 Å². The maximum atomic E-state index is 11.3. The average molecular weight is 258 g/mol. The van der Waals surface area contributed by atoms with Crippen LogP contribution in [0.3, 0.4) is 0 Å². The number of aryl methyl sites for hydroxylation is 1. The standard InChI is InChI=1S/C14H14N2O3/c1-16-8-11(3-5-14(16)17)15-7-10-2-4-12-13(6-10)19-9-18-12/h2-6,8,15H,7,9H2,1H3. The summed E-state index contributed by atoms with van der Waals surface area (Å²) in [6.45, 7) is 0.946. The Kier molecular flexibility index (Phi) is 2.87. The second kappa shape index (κ2) is 4.68. The van der Waals surface area contributed by atoms with E-state index in [1.165, 1.54) is 0 Å². The molecule has 0 bridgehead atoms. The summed E-state index contributed by atoms with van der Waals surface area (Å²) in [6.07, 6.45) is 1.77. The Bertz CT molecular complexity index is 664. The highest BCUT2D eigenvalue weighted by atomic mass is 16.7. The maximum absolute atomic E-state index is 11.3.